The number of nitrogens with zero attached hydrogens (tertiary/aromatic N) is 3. The van der Waals surface area contributed by atoms with E-state index >= 15 is 0 Å². The molecule has 1 aromatic carbocycles. The Hall–Kier alpha value is -1.49. The number of amides is 1. The highest BCUT2D eigenvalue weighted by Gasteiger charge is 2.28. The van der Waals surface area contributed by atoms with Gasteiger partial charge in [0.25, 0.3) is 0 Å². The summed E-state index contributed by atoms with van der Waals surface area (Å²) >= 11 is 3.50. The van der Waals surface area contributed by atoms with E-state index in [-0.39, 0.29) is 10.7 Å². The maximum Gasteiger partial charge on any atom is 0.228 e. The minimum absolute atomic E-state index is 0.151. The standard InChI is InChI=1S/C14H14BrN3O/c1-8-9(2)17-13-6-11(3-4-12(13)16-8)18-7-10(15)5-14(18)19/h3-4,6,10H,5,7H2,1-2H3. The Bertz CT molecular complexity index is 671. The molecule has 98 valence electrons. The Labute approximate surface area is 120 Å². The summed E-state index contributed by atoms with van der Waals surface area (Å²) in [6, 6.07) is 5.81. The molecule has 3 rings (SSSR count). The minimum Gasteiger partial charge on any atom is -0.311 e. The van der Waals surface area contributed by atoms with E-state index < -0.39 is 0 Å². The first-order valence-corrected chi connectivity index (χ1v) is 7.15. The van der Waals surface area contributed by atoms with Crippen LogP contribution in [0.2, 0.25) is 0 Å². The molecule has 2 aromatic rings. The van der Waals surface area contributed by atoms with Crippen molar-refractivity contribution in [1.29, 1.82) is 0 Å². The summed E-state index contributed by atoms with van der Waals surface area (Å²) in [5, 5.41) is 0. The molecular weight excluding hydrogens is 306 g/mol. The summed E-state index contributed by atoms with van der Waals surface area (Å²) in [6.45, 7) is 4.61. The van der Waals surface area contributed by atoms with Crippen LogP contribution in [0.4, 0.5) is 5.69 Å². The van der Waals surface area contributed by atoms with E-state index in [0.29, 0.717) is 13.0 Å². The third-order valence-corrected chi connectivity index (χ3v) is 4.06. The van der Waals surface area contributed by atoms with E-state index in [0.717, 1.165) is 28.1 Å². The Kier molecular flexibility index (Phi) is 3.01. The molecule has 1 aromatic heterocycles. The second kappa shape index (κ2) is 4.56. The van der Waals surface area contributed by atoms with Crippen molar-refractivity contribution in [1.82, 2.24) is 9.97 Å². The average molecular weight is 320 g/mol. The number of alkyl halides is 1. The van der Waals surface area contributed by atoms with Gasteiger partial charge in [0, 0.05) is 23.5 Å². The molecular formula is C14H14BrN3O. The molecule has 1 aliphatic rings. The second-order valence-corrected chi connectivity index (χ2v) is 6.17. The molecule has 1 unspecified atom stereocenters. The Balaban J connectivity index is 2.07. The predicted molar refractivity (Wildman–Crippen MR) is 78.7 cm³/mol. The molecule has 1 aliphatic heterocycles. The van der Waals surface area contributed by atoms with Crippen LogP contribution in [0.1, 0.15) is 17.8 Å². The zero-order chi connectivity index (χ0) is 13.6. The smallest absolute Gasteiger partial charge is 0.228 e. The summed E-state index contributed by atoms with van der Waals surface area (Å²) in [5.41, 5.74) is 4.48. The van der Waals surface area contributed by atoms with Gasteiger partial charge in [-0.3, -0.25) is 4.79 Å². The number of carbonyl (C=O) groups excluding carboxylic acids is 1. The highest BCUT2D eigenvalue weighted by molar-refractivity contribution is 9.09. The zero-order valence-electron chi connectivity index (χ0n) is 10.9. The van der Waals surface area contributed by atoms with Crippen molar-refractivity contribution in [3.8, 4) is 0 Å². The fourth-order valence-corrected chi connectivity index (χ4v) is 2.87. The van der Waals surface area contributed by atoms with Gasteiger partial charge < -0.3 is 4.90 Å². The molecule has 0 spiro atoms. The molecule has 0 saturated carbocycles. The summed E-state index contributed by atoms with van der Waals surface area (Å²) in [7, 11) is 0. The number of hydrogen-bond acceptors (Lipinski definition) is 3. The number of benzene rings is 1. The number of anilines is 1. The topological polar surface area (TPSA) is 46.1 Å². The Morgan fingerprint density at radius 2 is 1.89 bits per heavy atom. The number of carbonyl (C=O) groups is 1. The molecule has 1 amide bonds. The molecule has 1 fully saturated rings. The van der Waals surface area contributed by atoms with Gasteiger partial charge >= 0.3 is 0 Å². The maximum absolute atomic E-state index is 11.9. The normalized spacial score (nSPS) is 19.4. The van der Waals surface area contributed by atoms with Crippen LogP contribution in [-0.2, 0) is 4.79 Å². The lowest BCUT2D eigenvalue weighted by molar-refractivity contribution is -0.117. The van der Waals surface area contributed by atoms with Gasteiger partial charge in [-0.05, 0) is 32.0 Å². The minimum atomic E-state index is 0.151. The van der Waals surface area contributed by atoms with Crippen LogP contribution in [0.3, 0.4) is 0 Å². The van der Waals surface area contributed by atoms with Crippen LogP contribution in [0, 0.1) is 13.8 Å². The van der Waals surface area contributed by atoms with E-state index in [1.54, 1.807) is 4.90 Å². The monoisotopic (exact) mass is 319 g/mol. The third kappa shape index (κ3) is 2.23. The number of halogens is 1. The molecule has 1 atom stereocenters. The van der Waals surface area contributed by atoms with Crippen molar-refractivity contribution in [3.05, 3.63) is 29.6 Å². The number of aromatic nitrogens is 2. The highest BCUT2D eigenvalue weighted by Crippen LogP contribution is 2.27. The van der Waals surface area contributed by atoms with Crippen molar-refractivity contribution in [3.63, 3.8) is 0 Å². The first-order valence-electron chi connectivity index (χ1n) is 6.24. The third-order valence-electron chi connectivity index (χ3n) is 3.45. The largest absolute Gasteiger partial charge is 0.311 e. The van der Waals surface area contributed by atoms with Crippen LogP contribution in [-0.4, -0.2) is 27.2 Å². The Morgan fingerprint density at radius 1 is 1.21 bits per heavy atom. The average Bonchev–Trinajstić information content (AvgIpc) is 2.69. The first kappa shape index (κ1) is 12.5. The molecule has 0 radical (unpaired) electrons. The second-order valence-electron chi connectivity index (χ2n) is 4.87. The fourth-order valence-electron chi connectivity index (χ4n) is 2.30. The number of aryl methyl sites for hydroxylation is 2. The van der Waals surface area contributed by atoms with E-state index in [2.05, 4.69) is 25.9 Å². The molecule has 5 heteroatoms. The first-order chi connectivity index (χ1) is 9.04. The van der Waals surface area contributed by atoms with Gasteiger partial charge in [0.1, 0.15) is 0 Å². The summed E-state index contributed by atoms with van der Waals surface area (Å²) in [6.07, 6.45) is 0.552. The van der Waals surface area contributed by atoms with E-state index in [1.807, 2.05) is 32.0 Å². The number of fused-ring (bicyclic) bond motifs is 1. The predicted octanol–water partition coefficient (Wildman–Crippen LogP) is 2.75. The van der Waals surface area contributed by atoms with E-state index in [4.69, 9.17) is 0 Å². The number of hydrogen-bond donors (Lipinski definition) is 0. The summed E-state index contributed by atoms with van der Waals surface area (Å²) in [5.74, 6) is 0.151. The van der Waals surface area contributed by atoms with Crippen LogP contribution >= 0.6 is 15.9 Å². The molecule has 0 N–H and O–H groups in total. The van der Waals surface area contributed by atoms with Crippen molar-refractivity contribution in [2.45, 2.75) is 25.1 Å². The van der Waals surface area contributed by atoms with Crippen molar-refractivity contribution in [2.75, 3.05) is 11.4 Å². The zero-order valence-corrected chi connectivity index (χ0v) is 12.4. The molecule has 2 heterocycles. The van der Waals surface area contributed by atoms with Gasteiger partial charge in [0.15, 0.2) is 0 Å². The summed E-state index contributed by atoms with van der Waals surface area (Å²) < 4.78 is 0. The highest BCUT2D eigenvalue weighted by atomic mass is 79.9. The number of rotatable bonds is 1. The quantitative estimate of drug-likeness (QED) is 0.759. The van der Waals surface area contributed by atoms with Gasteiger partial charge in [-0.25, -0.2) is 9.97 Å². The van der Waals surface area contributed by atoms with Crippen LogP contribution in [0.15, 0.2) is 18.2 Å². The van der Waals surface area contributed by atoms with Gasteiger partial charge in [0.05, 0.1) is 22.4 Å². The van der Waals surface area contributed by atoms with Crippen LogP contribution < -0.4 is 4.90 Å². The maximum atomic E-state index is 11.9. The lowest BCUT2D eigenvalue weighted by Crippen LogP contribution is -2.24. The van der Waals surface area contributed by atoms with Gasteiger partial charge in [-0.15, -0.1) is 0 Å². The molecule has 0 bridgehead atoms. The molecule has 1 saturated heterocycles. The van der Waals surface area contributed by atoms with E-state index in [9.17, 15) is 4.79 Å². The summed E-state index contributed by atoms with van der Waals surface area (Å²) in [4.78, 5) is 23.0. The lowest BCUT2D eigenvalue weighted by atomic mass is 10.2. The molecule has 0 aliphatic carbocycles. The van der Waals surface area contributed by atoms with Gasteiger partial charge in [-0.1, -0.05) is 15.9 Å². The van der Waals surface area contributed by atoms with Crippen molar-refractivity contribution >= 4 is 38.6 Å². The SMILES string of the molecule is Cc1nc2ccc(N3CC(Br)CC3=O)cc2nc1C. The molecule has 19 heavy (non-hydrogen) atoms. The van der Waals surface area contributed by atoms with Crippen LogP contribution in [0.5, 0.6) is 0 Å². The Morgan fingerprint density at radius 3 is 2.53 bits per heavy atom. The van der Waals surface area contributed by atoms with Gasteiger partial charge in [0.2, 0.25) is 5.91 Å². The van der Waals surface area contributed by atoms with Gasteiger partial charge in [-0.2, -0.15) is 0 Å². The van der Waals surface area contributed by atoms with Crippen molar-refractivity contribution in [2.24, 2.45) is 0 Å². The van der Waals surface area contributed by atoms with Crippen molar-refractivity contribution < 1.29 is 4.79 Å². The van der Waals surface area contributed by atoms with E-state index in [1.165, 1.54) is 0 Å². The fraction of sp³-hybridized carbons (Fsp3) is 0.357. The lowest BCUT2D eigenvalue weighted by Gasteiger charge is -2.16. The molecule has 4 nitrogen and oxygen atoms in total. The van der Waals surface area contributed by atoms with Crippen LogP contribution in [0.25, 0.3) is 11.0 Å².